The Balaban J connectivity index is 1.64. The van der Waals surface area contributed by atoms with Gasteiger partial charge in [-0.05, 0) is 63.8 Å². The minimum absolute atomic E-state index is 0.577. The molecule has 0 bridgehead atoms. The molecular weight excluding hydrogens is 234 g/mol. The fraction of sp³-hybridized carbons (Fsp3) is 1.00. The first-order valence-electron chi connectivity index (χ1n) is 8.62. The monoisotopic (exact) mass is 267 g/mol. The summed E-state index contributed by atoms with van der Waals surface area (Å²) in [6.07, 6.45) is 14.3. The highest BCUT2D eigenvalue weighted by molar-refractivity contribution is 4.81. The molecule has 2 nitrogen and oxygen atoms in total. The second-order valence-electron chi connectivity index (χ2n) is 6.65. The molecule has 19 heavy (non-hydrogen) atoms. The largest absolute Gasteiger partial charge is 0.378 e. The van der Waals surface area contributed by atoms with E-state index >= 15 is 0 Å². The highest BCUT2D eigenvalue weighted by Gasteiger charge is 2.26. The van der Waals surface area contributed by atoms with Crippen LogP contribution in [0.15, 0.2) is 0 Å². The zero-order valence-corrected chi connectivity index (χ0v) is 13.0. The molecule has 0 aromatic heterocycles. The van der Waals surface area contributed by atoms with Crippen molar-refractivity contribution >= 4 is 0 Å². The van der Waals surface area contributed by atoms with Crippen LogP contribution >= 0.6 is 0 Å². The van der Waals surface area contributed by atoms with Gasteiger partial charge in [0, 0.05) is 12.6 Å². The van der Waals surface area contributed by atoms with E-state index in [4.69, 9.17) is 4.74 Å². The van der Waals surface area contributed by atoms with E-state index in [1.807, 2.05) is 0 Å². The minimum atomic E-state index is 0.577. The van der Waals surface area contributed by atoms with Crippen molar-refractivity contribution in [3.8, 4) is 0 Å². The first-order valence-corrected chi connectivity index (χ1v) is 8.62. The van der Waals surface area contributed by atoms with Crippen LogP contribution in [0.25, 0.3) is 0 Å². The maximum atomic E-state index is 5.72. The first kappa shape index (κ1) is 15.3. The summed E-state index contributed by atoms with van der Waals surface area (Å²) < 4.78 is 5.72. The number of nitrogens with one attached hydrogen (secondary N) is 1. The maximum absolute atomic E-state index is 5.72. The zero-order chi connectivity index (χ0) is 13.5. The third-order valence-electron chi connectivity index (χ3n) is 5.47. The molecule has 1 saturated carbocycles. The van der Waals surface area contributed by atoms with Crippen molar-refractivity contribution < 1.29 is 4.74 Å². The van der Waals surface area contributed by atoms with Crippen molar-refractivity contribution in [3.05, 3.63) is 0 Å². The Morgan fingerprint density at radius 2 is 1.95 bits per heavy atom. The molecule has 1 heterocycles. The van der Waals surface area contributed by atoms with Crippen LogP contribution in [0.4, 0.5) is 0 Å². The second kappa shape index (κ2) is 8.26. The lowest BCUT2D eigenvalue weighted by molar-refractivity contribution is 0.0997. The molecule has 2 heteroatoms. The van der Waals surface area contributed by atoms with Crippen LogP contribution in [0.5, 0.6) is 0 Å². The standard InChI is InChI=1S/C17H33NO/c1-3-14-9-11-15(12-10-14)17(18-2)8-4-6-16-7-5-13-19-16/h14-18H,3-13H2,1-2H3. The molecule has 2 fully saturated rings. The lowest BCUT2D eigenvalue weighted by Gasteiger charge is -2.33. The van der Waals surface area contributed by atoms with Crippen LogP contribution in [-0.2, 0) is 4.74 Å². The van der Waals surface area contributed by atoms with Crippen molar-refractivity contribution in [2.45, 2.75) is 83.3 Å². The Labute approximate surface area is 119 Å². The molecule has 0 spiro atoms. The average Bonchev–Trinajstić information content (AvgIpc) is 2.97. The molecule has 1 aliphatic carbocycles. The van der Waals surface area contributed by atoms with Crippen LogP contribution in [0.1, 0.15) is 71.1 Å². The summed E-state index contributed by atoms with van der Waals surface area (Å²) >= 11 is 0. The Kier molecular flexibility index (Phi) is 6.66. The van der Waals surface area contributed by atoms with E-state index in [1.165, 1.54) is 64.2 Å². The fourth-order valence-corrected chi connectivity index (χ4v) is 4.05. The lowest BCUT2D eigenvalue weighted by atomic mass is 9.76. The normalized spacial score (nSPS) is 33.5. The van der Waals surface area contributed by atoms with Gasteiger partial charge >= 0.3 is 0 Å². The quantitative estimate of drug-likeness (QED) is 0.748. The van der Waals surface area contributed by atoms with E-state index in [9.17, 15) is 0 Å². The maximum Gasteiger partial charge on any atom is 0.0576 e. The van der Waals surface area contributed by atoms with Gasteiger partial charge in [-0.25, -0.2) is 0 Å². The number of ether oxygens (including phenoxy) is 1. The van der Waals surface area contributed by atoms with Crippen molar-refractivity contribution in [2.75, 3.05) is 13.7 Å². The second-order valence-corrected chi connectivity index (χ2v) is 6.65. The van der Waals surface area contributed by atoms with Crippen LogP contribution in [0.2, 0.25) is 0 Å². The minimum Gasteiger partial charge on any atom is -0.378 e. The number of hydrogen-bond acceptors (Lipinski definition) is 2. The summed E-state index contributed by atoms with van der Waals surface area (Å²) in [4.78, 5) is 0. The van der Waals surface area contributed by atoms with E-state index in [-0.39, 0.29) is 0 Å². The number of hydrogen-bond donors (Lipinski definition) is 1. The molecule has 2 aliphatic rings. The van der Waals surface area contributed by atoms with Gasteiger partial charge in [0.15, 0.2) is 0 Å². The zero-order valence-electron chi connectivity index (χ0n) is 13.0. The third-order valence-corrected chi connectivity index (χ3v) is 5.47. The van der Waals surface area contributed by atoms with E-state index in [2.05, 4.69) is 19.3 Å². The van der Waals surface area contributed by atoms with Crippen LogP contribution < -0.4 is 5.32 Å². The highest BCUT2D eigenvalue weighted by atomic mass is 16.5. The summed E-state index contributed by atoms with van der Waals surface area (Å²) in [6.45, 7) is 3.35. The topological polar surface area (TPSA) is 21.3 Å². The predicted molar refractivity (Wildman–Crippen MR) is 81.4 cm³/mol. The van der Waals surface area contributed by atoms with E-state index < -0.39 is 0 Å². The molecule has 1 N–H and O–H groups in total. The summed E-state index contributed by atoms with van der Waals surface area (Å²) in [6, 6.07) is 0.749. The molecule has 2 unspecified atom stereocenters. The van der Waals surface area contributed by atoms with Crippen molar-refractivity contribution in [2.24, 2.45) is 11.8 Å². The SMILES string of the molecule is CCC1CCC(C(CCCC2CCCO2)NC)CC1. The van der Waals surface area contributed by atoms with Gasteiger partial charge in [0.25, 0.3) is 0 Å². The summed E-state index contributed by atoms with van der Waals surface area (Å²) in [5, 5.41) is 3.59. The Bertz CT molecular complexity index is 229. The lowest BCUT2D eigenvalue weighted by Crippen LogP contribution is -2.36. The smallest absolute Gasteiger partial charge is 0.0576 e. The summed E-state index contributed by atoms with van der Waals surface area (Å²) in [7, 11) is 2.16. The molecule has 1 saturated heterocycles. The molecule has 2 rings (SSSR count). The van der Waals surface area contributed by atoms with E-state index in [0.29, 0.717) is 6.10 Å². The summed E-state index contributed by atoms with van der Waals surface area (Å²) in [5.74, 6) is 1.94. The van der Waals surface area contributed by atoms with Gasteiger partial charge in [0.2, 0.25) is 0 Å². The Hall–Kier alpha value is -0.0800. The molecule has 0 aromatic rings. The van der Waals surface area contributed by atoms with Crippen LogP contribution in [0, 0.1) is 11.8 Å². The molecule has 2 atom stereocenters. The van der Waals surface area contributed by atoms with Gasteiger partial charge in [-0.15, -0.1) is 0 Å². The first-order chi connectivity index (χ1) is 9.33. The number of rotatable bonds is 7. The van der Waals surface area contributed by atoms with Gasteiger partial charge in [-0.1, -0.05) is 26.2 Å². The average molecular weight is 267 g/mol. The van der Waals surface area contributed by atoms with Crippen LogP contribution in [-0.4, -0.2) is 25.8 Å². The predicted octanol–water partition coefficient (Wildman–Crippen LogP) is 4.14. The van der Waals surface area contributed by atoms with Crippen LogP contribution in [0.3, 0.4) is 0 Å². The highest BCUT2D eigenvalue weighted by Crippen LogP contribution is 2.33. The molecule has 0 radical (unpaired) electrons. The van der Waals surface area contributed by atoms with Gasteiger partial charge in [0.05, 0.1) is 6.10 Å². The van der Waals surface area contributed by atoms with Gasteiger partial charge in [-0.2, -0.15) is 0 Å². The molecule has 1 aliphatic heterocycles. The van der Waals surface area contributed by atoms with E-state index in [0.717, 1.165) is 24.5 Å². The Morgan fingerprint density at radius 1 is 1.16 bits per heavy atom. The third kappa shape index (κ3) is 4.75. The summed E-state index contributed by atoms with van der Waals surface area (Å²) in [5.41, 5.74) is 0. The van der Waals surface area contributed by atoms with Crippen molar-refractivity contribution in [1.29, 1.82) is 0 Å². The van der Waals surface area contributed by atoms with Gasteiger partial charge in [-0.3, -0.25) is 0 Å². The molecule has 0 amide bonds. The molecule has 112 valence electrons. The van der Waals surface area contributed by atoms with Crippen molar-refractivity contribution in [1.82, 2.24) is 5.32 Å². The van der Waals surface area contributed by atoms with Gasteiger partial charge in [0.1, 0.15) is 0 Å². The fourth-order valence-electron chi connectivity index (χ4n) is 4.05. The Morgan fingerprint density at radius 3 is 2.53 bits per heavy atom. The van der Waals surface area contributed by atoms with Gasteiger partial charge < -0.3 is 10.1 Å². The molecular formula is C17H33NO. The molecule has 0 aromatic carbocycles. The van der Waals surface area contributed by atoms with Crippen molar-refractivity contribution in [3.63, 3.8) is 0 Å². The van der Waals surface area contributed by atoms with E-state index in [1.54, 1.807) is 0 Å².